The Bertz CT molecular complexity index is 403. The molecule has 0 saturated carbocycles. The quantitative estimate of drug-likeness (QED) is 0.802. The smallest absolute Gasteiger partial charge is 0.308 e. The van der Waals surface area contributed by atoms with Crippen molar-refractivity contribution in [1.82, 2.24) is 5.32 Å². The molecule has 5 heteroatoms. The van der Waals surface area contributed by atoms with Crippen molar-refractivity contribution >= 4 is 34.5 Å². The van der Waals surface area contributed by atoms with Gasteiger partial charge in [-0.15, -0.1) is 0 Å². The molecule has 1 rings (SSSR count). The zero-order valence-electron chi connectivity index (χ0n) is 9.44. The lowest BCUT2D eigenvalue weighted by atomic mass is 10.1. The Morgan fingerprint density at radius 3 is 2.41 bits per heavy atom. The van der Waals surface area contributed by atoms with Crippen LogP contribution in [0.2, 0.25) is 0 Å². The third kappa shape index (κ3) is 4.33. The Hall–Kier alpha value is -1.11. The molecule has 0 aliphatic heterocycles. The van der Waals surface area contributed by atoms with E-state index in [2.05, 4.69) is 27.9 Å². The standard InChI is InChI=1S/C12H14INO3/c1-2-8(12(16)17)7-14-11(15)9-3-5-10(13)6-4-9/h3-6,8H,2,7H2,1H3,(H,14,15)(H,16,17). The molecule has 0 heterocycles. The molecular weight excluding hydrogens is 333 g/mol. The van der Waals surface area contributed by atoms with Gasteiger partial charge in [-0.2, -0.15) is 0 Å². The van der Waals surface area contributed by atoms with Crippen LogP contribution in [0.1, 0.15) is 23.7 Å². The maximum atomic E-state index is 11.7. The van der Waals surface area contributed by atoms with Crippen molar-refractivity contribution < 1.29 is 14.7 Å². The Balaban J connectivity index is 2.55. The first-order valence-electron chi connectivity index (χ1n) is 5.31. The van der Waals surface area contributed by atoms with Crippen LogP contribution in [0.15, 0.2) is 24.3 Å². The summed E-state index contributed by atoms with van der Waals surface area (Å²) >= 11 is 2.16. The van der Waals surface area contributed by atoms with Gasteiger partial charge < -0.3 is 10.4 Å². The number of hydrogen-bond donors (Lipinski definition) is 2. The number of rotatable bonds is 5. The Kier molecular flexibility index (Phi) is 5.40. The summed E-state index contributed by atoms with van der Waals surface area (Å²) in [6, 6.07) is 7.12. The number of aliphatic carboxylic acids is 1. The van der Waals surface area contributed by atoms with E-state index in [0.29, 0.717) is 12.0 Å². The van der Waals surface area contributed by atoms with Crippen LogP contribution >= 0.6 is 22.6 Å². The van der Waals surface area contributed by atoms with Crippen molar-refractivity contribution in [3.05, 3.63) is 33.4 Å². The average Bonchev–Trinajstić information content (AvgIpc) is 2.30. The molecule has 92 valence electrons. The number of halogens is 1. The van der Waals surface area contributed by atoms with Gasteiger partial charge in [0, 0.05) is 15.7 Å². The second-order valence-electron chi connectivity index (χ2n) is 3.66. The summed E-state index contributed by atoms with van der Waals surface area (Å²) < 4.78 is 1.05. The molecule has 0 saturated heterocycles. The molecule has 0 radical (unpaired) electrons. The maximum Gasteiger partial charge on any atom is 0.308 e. The summed E-state index contributed by atoms with van der Waals surface area (Å²) in [7, 11) is 0. The molecule has 0 aromatic heterocycles. The largest absolute Gasteiger partial charge is 0.481 e. The molecule has 0 aliphatic carbocycles. The van der Waals surface area contributed by atoms with Gasteiger partial charge in [0.05, 0.1) is 5.92 Å². The summed E-state index contributed by atoms with van der Waals surface area (Å²) in [5.41, 5.74) is 0.547. The third-order valence-electron chi connectivity index (χ3n) is 2.46. The lowest BCUT2D eigenvalue weighted by Crippen LogP contribution is -2.32. The van der Waals surface area contributed by atoms with E-state index in [4.69, 9.17) is 5.11 Å². The topological polar surface area (TPSA) is 66.4 Å². The number of carbonyl (C=O) groups excluding carboxylic acids is 1. The van der Waals surface area contributed by atoms with Gasteiger partial charge in [-0.3, -0.25) is 9.59 Å². The lowest BCUT2D eigenvalue weighted by molar-refractivity contribution is -0.141. The predicted molar refractivity (Wildman–Crippen MR) is 72.9 cm³/mol. The highest BCUT2D eigenvalue weighted by Crippen LogP contribution is 2.07. The second-order valence-corrected chi connectivity index (χ2v) is 4.91. The van der Waals surface area contributed by atoms with E-state index >= 15 is 0 Å². The minimum Gasteiger partial charge on any atom is -0.481 e. The number of carboxylic acids is 1. The first-order chi connectivity index (χ1) is 8.04. The number of hydrogen-bond acceptors (Lipinski definition) is 2. The summed E-state index contributed by atoms with van der Waals surface area (Å²) in [6.45, 7) is 1.95. The van der Waals surface area contributed by atoms with Crippen LogP contribution in [-0.4, -0.2) is 23.5 Å². The van der Waals surface area contributed by atoms with E-state index in [-0.39, 0.29) is 12.5 Å². The lowest BCUT2D eigenvalue weighted by Gasteiger charge is -2.11. The van der Waals surface area contributed by atoms with Gasteiger partial charge in [0.1, 0.15) is 0 Å². The normalized spacial score (nSPS) is 11.9. The molecule has 17 heavy (non-hydrogen) atoms. The monoisotopic (exact) mass is 347 g/mol. The first-order valence-corrected chi connectivity index (χ1v) is 6.39. The molecule has 1 aromatic carbocycles. The SMILES string of the molecule is CCC(CNC(=O)c1ccc(I)cc1)C(=O)O. The number of nitrogens with one attached hydrogen (secondary N) is 1. The van der Waals surface area contributed by atoms with E-state index in [0.717, 1.165) is 3.57 Å². The molecular formula is C12H14INO3. The van der Waals surface area contributed by atoms with Crippen molar-refractivity contribution in [2.75, 3.05) is 6.54 Å². The Morgan fingerprint density at radius 2 is 1.94 bits per heavy atom. The molecule has 4 nitrogen and oxygen atoms in total. The van der Waals surface area contributed by atoms with Crippen molar-refractivity contribution in [3.8, 4) is 0 Å². The molecule has 0 spiro atoms. The molecule has 0 bridgehead atoms. The summed E-state index contributed by atoms with van der Waals surface area (Å²) in [5.74, 6) is -1.64. The van der Waals surface area contributed by atoms with E-state index in [1.807, 2.05) is 12.1 Å². The van der Waals surface area contributed by atoms with Gasteiger partial charge in [0.15, 0.2) is 0 Å². The molecule has 1 atom stereocenters. The second kappa shape index (κ2) is 6.58. The summed E-state index contributed by atoms with van der Waals surface area (Å²) in [6.07, 6.45) is 0.502. The van der Waals surface area contributed by atoms with Gasteiger partial charge in [-0.05, 0) is 53.3 Å². The number of carboxylic acid groups (broad SMARTS) is 1. The molecule has 1 aromatic rings. The van der Waals surface area contributed by atoms with Gasteiger partial charge in [0.25, 0.3) is 5.91 Å². The Labute approximate surface area is 114 Å². The summed E-state index contributed by atoms with van der Waals surface area (Å²) in [5, 5.41) is 11.5. The van der Waals surface area contributed by atoms with Crippen LogP contribution in [0.5, 0.6) is 0 Å². The van der Waals surface area contributed by atoms with Crippen LogP contribution < -0.4 is 5.32 Å². The predicted octanol–water partition coefficient (Wildman–Crippen LogP) is 2.13. The van der Waals surface area contributed by atoms with Crippen LogP contribution in [0, 0.1) is 9.49 Å². The highest BCUT2D eigenvalue weighted by atomic mass is 127. The fourth-order valence-corrected chi connectivity index (χ4v) is 1.69. The minimum absolute atomic E-state index is 0.163. The first kappa shape index (κ1) is 14.0. The van der Waals surface area contributed by atoms with Gasteiger partial charge in [0.2, 0.25) is 0 Å². The molecule has 0 fully saturated rings. The number of carbonyl (C=O) groups is 2. The maximum absolute atomic E-state index is 11.7. The highest BCUT2D eigenvalue weighted by Gasteiger charge is 2.16. The van der Waals surface area contributed by atoms with Crippen molar-refractivity contribution in [2.45, 2.75) is 13.3 Å². The van der Waals surface area contributed by atoms with Gasteiger partial charge in [-0.25, -0.2) is 0 Å². The molecule has 2 N–H and O–H groups in total. The zero-order chi connectivity index (χ0) is 12.8. The fourth-order valence-electron chi connectivity index (χ4n) is 1.33. The molecule has 1 amide bonds. The molecule has 0 aliphatic rings. The van der Waals surface area contributed by atoms with Crippen LogP contribution in [0.25, 0.3) is 0 Å². The summed E-state index contributed by atoms with van der Waals surface area (Å²) in [4.78, 5) is 22.5. The van der Waals surface area contributed by atoms with Crippen molar-refractivity contribution in [3.63, 3.8) is 0 Å². The van der Waals surface area contributed by atoms with E-state index in [1.165, 1.54) is 0 Å². The van der Waals surface area contributed by atoms with Crippen molar-refractivity contribution in [2.24, 2.45) is 5.92 Å². The van der Waals surface area contributed by atoms with E-state index < -0.39 is 11.9 Å². The fraction of sp³-hybridized carbons (Fsp3) is 0.333. The van der Waals surface area contributed by atoms with Crippen molar-refractivity contribution in [1.29, 1.82) is 0 Å². The number of amides is 1. The molecule has 1 unspecified atom stereocenters. The van der Waals surface area contributed by atoms with Gasteiger partial charge in [-0.1, -0.05) is 6.92 Å². The van der Waals surface area contributed by atoms with E-state index in [9.17, 15) is 9.59 Å². The Morgan fingerprint density at radius 1 is 1.35 bits per heavy atom. The van der Waals surface area contributed by atoms with Crippen LogP contribution in [-0.2, 0) is 4.79 Å². The van der Waals surface area contributed by atoms with Crippen LogP contribution in [0.4, 0.5) is 0 Å². The van der Waals surface area contributed by atoms with Crippen LogP contribution in [0.3, 0.4) is 0 Å². The zero-order valence-corrected chi connectivity index (χ0v) is 11.6. The van der Waals surface area contributed by atoms with E-state index in [1.54, 1.807) is 19.1 Å². The number of benzene rings is 1. The average molecular weight is 347 g/mol. The third-order valence-corrected chi connectivity index (χ3v) is 3.18. The van der Waals surface area contributed by atoms with Gasteiger partial charge >= 0.3 is 5.97 Å². The highest BCUT2D eigenvalue weighted by molar-refractivity contribution is 14.1. The minimum atomic E-state index is -0.879.